The van der Waals surface area contributed by atoms with Gasteiger partial charge in [-0.05, 0) is 79.9 Å². The Morgan fingerprint density at radius 1 is 1.11 bits per heavy atom. The highest BCUT2D eigenvalue weighted by Crippen LogP contribution is 2.29. The summed E-state index contributed by atoms with van der Waals surface area (Å²) in [7, 11) is -5.05. The molecule has 1 atom stereocenters. The van der Waals surface area contributed by atoms with Crippen LogP contribution in [0.4, 0.5) is 13.2 Å². The van der Waals surface area contributed by atoms with Gasteiger partial charge >= 0.3 is 18.1 Å². The molecule has 0 aliphatic carbocycles. The second-order valence-corrected chi connectivity index (χ2v) is 9.74. The van der Waals surface area contributed by atoms with Crippen molar-refractivity contribution < 1.29 is 45.2 Å². The second kappa shape index (κ2) is 10.0. The molecular weight excluding hydrogens is 738 g/mol. The van der Waals surface area contributed by atoms with Gasteiger partial charge in [-0.2, -0.15) is 21.6 Å². The third kappa shape index (κ3) is 9.22. The van der Waals surface area contributed by atoms with E-state index in [1.807, 2.05) is 45.2 Å². The summed E-state index contributed by atoms with van der Waals surface area (Å²) in [4.78, 5) is 23.2. The van der Waals surface area contributed by atoms with E-state index >= 15 is 0 Å². The smallest absolute Gasteiger partial charge is 0.426 e. The number of hydrogen-bond acceptors (Lipinski definition) is 6. The molecule has 0 saturated carbocycles. The zero-order valence-corrected chi connectivity index (χ0v) is 20.0. The van der Waals surface area contributed by atoms with Crippen LogP contribution in [0.2, 0.25) is 0 Å². The molecule has 0 heterocycles. The number of carbonyl (C=O) groups is 2. The number of halogens is 6. The first kappa shape index (κ1) is 24.8. The SMILES string of the molecule is O=C(/C=C\C(=O)OC(CS(=O)(=O)O)C(F)(F)F)Oc1c(I)cc(I)cc1I. The fourth-order valence-electron chi connectivity index (χ4n) is 1.46. The second-order valence-electron chi connectivity index (χ2n) is 4.67. The lowest BCUT2D eigenvalue weighted by Gasteiger charge is -2.18. The number of alkyl halides is 3. The molecule has 0 bridgehead atoms. The van der Waals surface area contributed by atoms with E-state index in [0.29, 0.717) is 19.3 Å². The Kier molecular flexibility index (Phi) is 9.20. The van der Waals surface area contributed by atoms with Crippen molar-refractivity contribution in [2.24, 2.45) is 0 Å². The van der Waals surface area contributed by atoms with Crippen molar-refractivity contribution in [3.05, 3.63) is 35.0 Å². The first-order chi connectivity index (χ1) is 12.2. The van der Waals surface area contributed by atoms with Crippen molar-refractivity contribution in [1.82, 2.24) is 0 Å². The van der Waals surface area contributed by atoms with Crippen LogP contribution in [0, 0.1) is 10.7 Å². The topological polar surface area (TPSA) is 107 Å². The Morgan fingerprint density at radius 2 is 1.59 bits per heavy atom. The van der Waals surface area contributed by atoms with E-state index in [-0.39, 0.29) is 5.75 Å². The van der Waals surface area contributed by atoms with Crippen LogP contribution in [0.5, 0.6) is 5.75 Å². The Labute approximate surface area is 192 Å². The Hall–Kier alpha value is -0.210. The lowest BCUT2D eigenvalue weighted by molar-refractivity contribution is -0.212. The van der Waals surface area contributed by atoms with Gasteiger partial charge in [0.1, 0.15) is 5.75 Å². The molecule has 1 aromatic rings. The van der Waals surface area contributed by atoms with Crippen LogP contribution in [0.25, 0.3) is 0 Å². The summed E-state index contributed by atoms with van der Waals surface area (Å²) in [5, 5.41) is 0. The summed E-state index contributed by atoms with van der Waals surface area (Å²) in [5.74, 6) is -4.34. The molecule has 1 rings (SSSR count). The quantitative estimate of drug-likeness (QED) is 0.157. The van der Waals surface area contributed by atoms with Gasteiger partial charge in [0.2, 0.25) is 6.10 Å². The summed E-state index contributed by atoms with van der Waals surface area (Å²) in [6.45, 7) is 0. The molecule has 0 aromatic heterocycles. The zero-order chi connectivity index (χ0) is 21.0. The van der Waals surface area contributed by atoms with E-state index in [0.717, 1.165) is 3.57 Å². The van der Waals surface area contributed by atoms with Crippen molar-refractivity contribution >= 4 is 89.8 Å². The van der Waals surface area contributed by atoms with Gasteiger partial charge < -0.3 is 9.47 Å². The highest BCUT2D eigenvalue weighted by molar-refractivity contribution is 14.1. The lowest BCUT2D eigenvalue weighted by Crippen LogP contribution is -2.39. The van der Waals surface area contributed by atoms with Crippen molar-refractivity contribution in [2.75, 3.05) is 5.75 Å². The number of ether oxygens (including phenoxy) is 2. The first-order valence-electron chi connectivity index (χ1n) is 6.46. The van der Waals surface area contributed by atoms with E-state index in [4.69, 9.17) is 9.29 Å². The molecule has 0 amide bonds. The largest absolute Gasteiger partial charge is 0.448 e. The minimum atomic E-state index is -5.23. The molecule has 150 valence electrons. The number of hydrogen-bond donors (Lipinski definition) is 1. The number of esters is 2. The maximum Gasteiger partial charge on any atom is 0.426 e. The van der Waals surface area contributed by atoms with Crippen molar-refractivity contribution in [3.63, 3.8) is 0 Å². The Morgan fingerprint density at radius 3 is 2.04 bits per heavy atom. The third-order valence-corrected chi connectivity index (χ3v) is 5.46. The molecule has 7 nitrogen and oxygen atoms in total. The average molecular weight is 746 g/mol. The summed E-state index contributed by atoms with van der Waals surface area (Å²) in [6, 6.07) is 3.43. The van der Waals surface area contributed by atoms with Gasteiger partial charge in [-0.25, -0.2) is 9.59 Å². The third-order valence-electron chi connectivity index (χ3n) is 2.51. The molecule has 1 unspecified atom stereocenters. The highest BCUT2D eigenvalue weighted by Gasteiger charge is 2.45. The molecule has 1 aromatic carbocycles. The molecule has 0 saturated heterocycles. The molecular formula is C13H8F3I3O7S. The zero-order valence-electron chi connectivity index (χ0n) is 12.7. The summed E-state index contributed by atoms with van der Waals surface area (Å²) >= 11 is 5.89. The van der Waals surface area contributed by atoms with Gasteiger partial charge in [0.25, 0.3) is 10.1 Å². The van der Waals surface area contributed by atoms with Crippen LogP contribution in [0.1, 0.15) is 0 Å². The molecule has 14 heteroatoms. The maximum atomic E-state index is 12.6. The highest BCUT2D eigenvalue weighted by atomic mass is 127. The molecule has 0 radical (unpaired) electrons. The number of carbonyl (C=O) groups excluding carboxylic acids is 2. The predicted molar refractivity (Wildman–Crippen MR) is 112 cm³/mol. The number of rotatable bonds is 6. The van der Waals surface area contributed by atoms with Crippen LogP contribution in [0.15, 0.2) is 24.3 Å². The van der Waals surface area contributed by atoms with E-state index in [9.17, 15) is 31.2 Å². The van der Waals surface area contributed by atoms with Crippen LogP contribution >= 0.6 is 67.8 Å². The maximum absolute atomic E-state index is 12.6. The Balaban J connectivity index is 2.81. The fraction of sp³-hybridized carbons (Fsp3) is 0.231. The van der Waals surface area contributed by atoms with Crippen molar-refractivity contribution in [3.8, 4) is 5.75 Å². The summed E-state index contributed by atoms with van der Waals surface area (Å²) in [5.41, 5.74) is 0. The van der Waals surface area contributed by atoms with Gasteiger partial charge in [-0.3, -0.25) is 4.55 Å². The van der Waals surface area contributed by atoms with Gasteiger partial charge in [-0.15, -0.1) is 0 Å². The molecule has 1 N–H and O–H groups in total. The van der Waals surface area contributed by atoms with E-state index in [1.54, 1.807) is 12.1 Å². The standard InChI is InChI=1S/C13H8F3I3O7S/c14-13(15,16)9(5-27(22,23)24)25-10(20)1-2-11(21)26-12-7(18)3-6(17)4-8(12)19/h1-4,9H,5H2,(H,22,23,24)/b2-1-. The van der Waals surface area contributed by atoms with E-state index in [1.165, 1.54) is 0 Å². The normalized spacial score (nSPS) is 13.4. The molecule has 27 heavy (non-hydrogen) atoms. The van der Waals surface area contributed by atoms with Gasteiger partial charge in [0.05, 0.1) is 7.14 Å². The van der Waals surface area contributed by atoms with Gasteiger partial charge in [0.15, 0.2) is 5.75 Å². The summed E-state index contributed by atoms with van der Waals surface area (Å²) < 4.78 is 78.7. The van der Waals surface area contributed by atoms with E-state index in [2.05, 4.69) is 27.3 Å². The van der Waals surface area contributed by atoms with Crippen LogP contribution in [0.3, 0.4) is 0 Å². The summed E-state index contributed by atoms with van der Waals surface area (Å²) in [6.07, 6.45) is -7.42. The average Bonchev–Trinajstić information content (AvgIpc) is 2.46. The number of benzene rings is 1. The first-order valence-corrected chi connectivity index (χ1v) is 11.3. The minimum Gasteiger partial charge on any atom is -0.448 e. The van der Waals surface area contributed by atoms with E-state index < -0.39 is 40.1 Å². The lowest BCUT2D eigenvalue weighted by atomic mass is 10.3. The van der Waals surface area contributed by atoms with Gasteiger partial charge in [-0.1, -0.05) is 0 Å². The van der Waals surface area contributed by atoms with Crippen molar-refractivity contribution in [1.29, 1.82) is 0 Å². The van der Waals surface area contributed by atoms with Gasteiger partial charge in [0, 0.05) is 15.7 Å². The monoisotopic (exact) mass is 746 g/mol. The minimum absolute atomic E-state index is 0.208. The molecule has 0 aliphatic rings. The van der Waals surface area contributed by atoms with Crippen molar-refractivity contribution in [2.45, 2.75) is 12.3 Å². The predicted octanol–water partition coefficient (Wildman–Crippen LogP) is 3.32. The molecule has 0 fully saturated rings. The molecule has 0 aliphatic heterocycles. The molecule has 0 spiro atoms. The van der Waals surface area contributed by atoms with Crippen LogP contribution < -0.4 is 4.74 Å². The Bertz CT molecular complexity index is 845. The fourth-order valence-corrected chi connectivity index (χ4v) is 5.91. The van der Waals surface area contributed by atoms with Crippen LogP contribution in [-0.4, -0.2) is 42.9 Å². The van der Waals surface area contributed by atoms with Crippen LogP contribution in [-0.2, 0) is 24.4 Å².